The molecule has 0 saturated carbocycles. The van der Waals surface area contributed by atoms with Crippen molar-refractivity contribution in [3.05, 3.63) is 24.3 Å². The van der Waals surface area contributed by atoms with Crippen molar-refractivity contribution < 1.29 is 19.4 Å². The standard InChI is InChI=1S/C18H26N4O4/c1-20-7-6-15(12-20)21-8-10-22(11-9-21)18(25)19-14-2-4-16(5-3-14)26-13-17(23)24/h2-5,15H,6-13H2,1H3,(H,19,25)(H,23,24). The van der Waals surface area contributed by atoms with Crippen LogP contribution in [-0.4, -0.2) is 90.8 Å². The number of carbonyl (C=O) groups excluding carboxylic acids is 1. The van der Waals surface area contributed by atoms with Crippen LogP contribution in [0.2, 0.25) is 0 Å². The number of likely N-dealkylation sites (N-methyl/N-ethyl adjacent to an activating group) is 1. The molecule has 0 bridgehead atoms. The van der Waals surface area contributed by atoms with Gasteiger partial charge in [-0.3, -0.25) is 4.90 Å². The van der Waals surface area contributed by atoms with Crippen molar-refractivity contribution in [1.82, 2.24) is 14.7 Å². The molecular weight excluding hydrogens is 336 g/mol. The summed E-state index contributed by atoms with van der Waals surface area (Å²) in [5.74, 6) is -0.564. The lowest BCUT2D eigenvalue weighted by atomic mass is 10.2. The van der Waals surface area contributed by atoms with Crippen LogP contribution in [0.3, 0.4) is 0 Å². The monoisotopic (exact) mass is 362 g/mol. The molecule has 142 valence electrons. The van der Waals surface area contributed by atoms with Crippen LogP contribution in [0, 0.1) is 0 Å². The summed E-state index contributed by atoms with van der Waals surface area (Å²) >= 11 is 0. The van der Waals surface area contributed by atoms with Crippen LogP contribution in [-0.2, 0) is 4.79 Å². The summed E-state index contributed by atoms with van der Waals surface area (Å²) in [7, 11) is 2.15. The Morgan fingerprint density at radius 1 is 1.15 bits per heavy atom. The summed E-state index contributed by atoms with van der Waals surface area (Å²) in [6.45, 7) is 5.16. The minimum absolute atomic E-state index is 0.104. The Labute approximate surface area is 153 Å². The first-order chi connectivity index (χ1) is 12.5. The maximum Gasteiger partial charge on any atom is 0.341 e. The fourth-order valence-corrected chi connectivity index (χ4v) is 3.48. The first-order valence-corrected chi connectivity index (χ1v) is 8.94. The van der Waals surface area contributed by atoms with Crippen LogP contribution >= 0.6 is 0 Å². The molecule has 1 unspecified atom stereocenters. The van der Waals surface area contributed by atoms with Crippen LogP contribution in [0.1, 0.15) is 6.42 Å². The molecule has 0 spiro atoms. The number of anilines is 1. The highest BCUT2D eigenvalue weighted by atomic mass is 16.5. The predicted octanol–water partition coefficient (Wildman–Crippen LogP) is 1.00. The molecule has 1 aromatic carbocycles. The summed E-state index contributed by atoms with van der Waals surface area (Å²) in [4.78, 5) is 29.6. The first-order valence-electron chi connectivity index (χ1n) is 8.94. The van der Waals surface area contributed by atoms with E-state index in [0.717, 1.165) is 39.3 Å². The lowest BCUT2D eigenvalue weighted by Crippen LogP contribution is -2.53. The van der Waals surface area contributed by atoms with E-state index in [1.54, 1.807) is 24.3 Å². The number of piperazine rings is 1. The van der Waals surface area contributed by atoms with Crippen LogP contribution < -0.4 is 10.1 Å². The Morgan fingerprint density at radius 3 is 2.42 bits per heavy atom. The van der Waals surface area contributed by atoms with Gasteiger partial charge in [-0.15, -0.1) is 0 Å². The van der Waals surface area contributed by atoms with Crippen LogP contribution in [0.15, 0.2) is 24.3 Å². The van der Waals surface area contributed by atoms with E-state index in [4.69, 9.17) is 9.84 Å². The molecule has 2 fully saturated rings. The van der Waals surface area contributed by atoms with Crippen molar-refractivity contribution >= 4 is 17.7 Å². The van der Waals surface area contributed by atoms with Gasteiger partial charge in [0.1, 0.15) is 5.75 Å². The number of benzene rings is 1. The van der Waals surface area contributed by atoms with Gasteiger partial charge in [0.2, 0.25) is 0 Å². The van der Waals surface area contributed by atoms with E-state index in [-0.39, 0.29) is 12.6 Å². The zero-order chi connectivity index (χ0) is 18.5. The summed E-state index contributed by atoms with van der Waals surface area (Å²) in [5.41, 5.74) is 0.664. The van der Waals surface area contributed by atoms with Gasteiger partial charge in [-0.05, 0) is 44.3 Å². The molecule has 2 aliphatic heterocycles. The van der Waals surface area contributed by atoms with Gasteiger partial charge in [-0.25, -0.2) is 9.59 Å². The normalized spacial score (nSPS) is 21.6. The summed E-state index contributed by atoms with van der Waals surface area (Å²) in [6.07, 6.45) is 1.21. The average Bonchev–Trinajstić information content (AvgIpc) is 3.07. The molecule has 2 amide bonds. The molecule has 0 aromatic heterocycles. The number of hydrogen-bond donors (Lipinski definition) is 2. The minimum Gasteiger partial charge on any atom is -0.482 e. The van der Waals surface area contributed by atoms with Crippen molar-refractivity contribution in [2.75, 3.05) is 58.2 Å². The van der Waals surface area contributed by atoms with Crippen molar-refractivity contribution in [3.8, 4) is 5.75 Å². The van der Waals surface area contributed by atoms with Crippen molar-refractivity contribution in [2.45, 2.75) is 12.5 Å². The molecule has 2 N–H and O–H groups in total. The molecule has 8 nitrogen and oxygen atoms in total. The first kappa shape index (κ1) is 18.5. The van der Waals surface area contributed by atoms with E-state index in [1.165, 1.54) is 6.42 Å². The fraction of sp³-hybridized carbons (Fsp3) is 0.556. The van der Waals surface area contributed by atoms with Crippen LogP contribution in [0.5, 0.6) is 5.75 Å². The number of ether oxygens (including phenoxy) is 1. The van der Waals surface area contributed by atoms with Crippen LogP contribution in [0.4, 0.5) is 10.5 Å². The minimum atomic E-state index is -1.02. The SMILES string of the molecule is CN1CCC(N2CCN(C(=O)Nc3ccc(OCC(=O)O)cc3)CC2)C1. The third-order valence-corrected chi connectivity index (χ3v) is 4.95. The number of hydrogen-bond acceptors (Lipinski definition) is 5. The number of carboxylic acid groups (broad SMARTS) is 1. The van der Waals surface area contributed by atoms with Gasteiger partial charge >= 0.3 is 12.0 Å². The summed E-state index contributed by atoms with van der Waals surface area (Å²) < 4.78 is 5.08. The van der Waals surface area contributed by atoms with E-state index in [2.05, 4.69) is 22.2 Å². The third kappa shape index (κ3) is 4.86. The van der Waals surface area contributed by atoms with Gasteiger partial charge in [0.15, 0.2) is 6.61 Å². The number of nitrogens with zero attached hydrogens (tertiary/aromatic N) is 3. The van der Waals surface area contributed by atoms with Gasteiger partial charge in [0.25, 0.3) is 0 Å². The number of carboxylic acids is 1. The van der Waals surface area contributed by atoms with Gasteiger partial charge in [0.05, 0.1) is 0 Å². The largest absolute Gasteiger partial charge is 0.482 e. The van der Waals surface area contributed by atoms with Crippen molar-refractivity contribution in [3.63, 3.8) is 0 Å². The van der Waals surface area contributed by atoms with Crippen LogP contribution in [0.25, 0.3) is 0 Å². The molecule has 0 radical (unpaired) electrons. The van der Waals surface area contributed by atoms with E-state index < -0.39 is 5.97 Å². The summed E-state index contributed by atoms with van der Waals surface area (Å²) in [5, 5.41) is 11.5. The fourth-order valence-electron chi connectivity index (χ4n) is 3.48. The molecular formula is C18H26N4O4. The number of aliphatic carboxylic acids is 1. The molecule has 1 aromatic rings. The van der Waals surface area contributed by atoms with Gasteiger partial charge in [0, 0.05) is 44.5 Å². The maximum absolute atomic E-state index is 12.4. The van der Waals surface area contributed by atoms with Crippen molar-refractivity contribution in [2.24, 2.45) is 0 Å². The third-order valence-electron chi connectivity index (χ3n) is 4.95. The highest BCUT2D eigenvalue weighted by Gasteiger charge is 2.29. The van der Waals surface area contributed by atoms with Gasteiger partial charge < -0.3 is 25.0 Å². The molecule has 8 heteroatoms. The average molecular weight is 362 g/mol. The highest BCUT2D eigenvalue weighted by Crippen LogP contribution is 2.18. The Kier molecular flexibility index (Phi) is 5.95. The lowest BCUT2D eigenvalue weighted by molar-refractivity contribution is -0.139. The van der Waals surface area contributed by atoms with Gasteiger partial charge in [-0.1, -0.05) is 0 Å². The summed E-state index contributed by atoms with van der Waals surface area (Å²) in [6, 6.07) is 7.22. The Hall–Kier alpha value is -2.32. The highest BCUT2D eigenvalue weighted by molar-refractivity contribution is 5.89. The molecule has 26 heavy (non-hydrogen) atoms. The smallest absolute Gasteiger partial charge is 0.341 e. The number of amides is 2. The second-order valence-corrected chi connectivity index (χ2v) is 6.86. The maximum atomic E-state index is 12.4. The number of nitrogens with one attached hydrogen (secondary N) is 1. The van der Waals surface area contributed by atoms with E-state index in [0.29, 0.717) is 17.5 Å². The van der Waals surface area contributed by atoms with Gasteiger partial charge in [-0.2, -0.15) is 0 Å². The molecule has 3 rings (SSSR count). The predicted molar refractivity (Wildman–Crippen MR) is 97.6 cm³/mol. The zero-order valence-electron chi connectivity index (χ0n) is 15.1. The topological polar surface area (TPSA) is 85.4 Å². The lowest BCUT2D eigenvalue weighted by Gasteiger charge is -2.37. The number of urea groups is 1. The quantitative estimate of drug-likeness (QED) is 0.813. The molecule has 2 saturated heterocycles. The molecule has 1 atom stereocenters. The molecule has 2 heterocycles. The number of rotatable bonds is 5. The Bertz CT molecular complexity index is 629. The van der Waals surface area contributed by atoms with Crippen molar-refractivity contribution in [1.29, 1.82) is 0 Å². The second kappa shape index (κ2) is 8.37. The Balaban J connectivity index is 1.44. The van der Waals surface area contributed by atoms with E-state index in [1.807, 2.05) is 4.90 Å². The van der Waals surface area contributed by atoms with E-state index in [9.17, 15) is 9.59 Å². The Morgan fingerprint density at radius 2 is 1.85 bits per heavy atom. The molecule has 2 aliphatic rings. The second-order valence-electron chi connectivity index (χ2n) is 6.86. The molecule has 0 aliphatic carbocycles. The number of likely N-dealkylation sites (tertiary alicyclic amines) is 1. The van der Waals surface area contributed by atoms with E-state index >= 15 is 0 Å². The zero-order valence-corrected chi connectivity index (χ0v) is 15.1. The number of carbonyl (C=O) groups is 2.